The van der Waals surface area contributed by atoms with Crippen LogP contribution < -0.4 is 24.8 Å². The molecule has 0 fully saturated rings. The SMILES string of the molecule is CCCCC1=[C-]CC=C1.CCCCC1=[C-]CC=C1.CCCCC1=[C-]CC=C1.CCCCC1=[C-]CC=C1.C[C](C)=[Ti+2].C[C](C)=[Ti+2].[Cl-].[Cl-]. The van der Waals surface area contributed by atoms with Gasteiger partial charge in [0.1, 0.15) is 0 Å². The van der Waals surface area contributed by atoms with E-state index in [4.69, 9.17) is 0 Å². The van der Waals surface area contributed by atoms with Crippen molar-refractivity contribution >= 4 is 7.62 Å². The Labute approximate surface area is 323 Å². The van der Waals surface area contributed by atoms with Gasteiger partial charge in [0, 0.05) is 0 Å². The van der Waals surface area contributed by atoms with Gasteiger partial charge in [0.05, 0.1) is 0 Å². The molecular formula is C42H64Cl2Ti2-2. The molecule has 256 valence electrons. The maximum atomic E-state index is 3.30. The third-order valence-electron chi connectivity index (χ3n) is 6.26. The summed E-state index contributed by atoms with van der Waals surface area (Å²) in [5.41, 5.74) is 5.66. The molecule has 0 aromatic heterocycles. The van der Waals surface area contributed by atoms with Crippen molar-refractivity contribution in [3.8, 4) is 0 Å². The molecule has 4 heteroatoms. The van der Waals surface area contributed by atoms with Crippen LogP contribution in [-0.2, 0) is 39.9 Å². The zero-order valence-corrected chi connectivity index (χ0v) is 35.3. The molecule has 46 heavy (non-hydrogen) atoms. The number of halogens is 2. The van der Waals surface area contributed by atoms with Crippen LogP contribution in [0.3, 0.4) is 0 Å². The summed E-state index contributed by atoms with van der Waals surface area (Å²) in [5.74, 6) is 0. The second-order valence-electron chi connectivity index (χ2n) is 11.6. The number of hydrogen-bond acceptors (Lipinski definition) is 0. The number of allylic oxidation sites excluding steroid dienone is 16. The van der Waals surface area contributed by atoms with Crippen LogP contribution in [-0.4, -0.2) is 7.62 Å². The van der Waals surface area contributed by atoms with Crippen LogP contribution in [0.15, 0.2) is 70.9 Å². The van der Waals surface area contributed by atoms with Crippen molar-refractivity contribution in [1.82, 2.24) is 0 Å². The average molecular weight is 736 g/mol. The molecule has 0 aromatic carbocycles. The first-order valence-electron chi connectivity index (χ1n) is 17.3. The first kappa shape index (κ1) is 52.5. The zero-order chi connectivity index (χ0) is 33.3. The fraction of sp³-hybridized carbons (Fsp3) is 0.571. The Morgan fingerprint density at radius 1 is 0.457 bits per heavy atom. The van der Waals surface area contributed by atoms with Gasteiger partial charge in [-0.05, 0) is 0 Å². The maximum absolute atomic E-state index is 3.30. The third-order valence-corrected chi connectivity index (χ3v) is 6.26. The van der Waals surface area contributed by atoms with Crippen LogP contribution in [0.25, 0.3) is 0 Å². The Hall–Kier alpha value is -0.331. The summed E-state index contributed by atoms with van der Waals surface area (Å²) in [6.45, 7) is 17.2. The Kier molecular flexibility index (Phi) is 46.6. The topological polar surface area (TPSA) is 0 Å². The van der Waals surface area contributed by atoms with Gasteiger partial charge in [0.15, 0.2) is 0 Å². The molecule has 0 N–H and O–H groups in total. The monoisotopic (exact) mass is 734 g/mol. The van der Waals surface area contributed by atoms with Crippen LogP contribution in [0.5, 0.6) is 0 Å². The number of rotatable bonds is 12. The summed E-state index contributed by atoms with van der Waals surface area (Å²) < 4.78 is 2.83. The minimum absolute atomic E-state index is 0. The van der Waals surface area contributed by atoms with Crippen molar-refractivity contribution in [1.29, 1.82) is 0 Å². The van der Waals surface area contributed by atoms with Crippen LogP contribution in [0, 0.1) is 24.3 Å². The molecule has 0 unspecified atom stereocenters. The first-order valence-corrected chi connectivity index (χ1v) is 18.8. The van der Waals surface area contributed by atoms with Crippen molar-refractivity contribution in [2.24, 2.45) is 0 Å². The van der Waals surface area contributed by atoms with E-state index in [9.17, 15) is 0 Å². The van der Waals surface area contributed by atoms with E-state index in [1.54, 1.807) is 0 Å². The maximum Gasteiger partial charge on any atom is -1.00 e. The summed E-state index contributed by atoms with van der Waals surface area (Å²) >= 11 is 4.17. The molecule has 4 aliphatic carbocycles. The fourth-order valence-corrected chi connectivity index (χ4v) is 3.96. The molecule has 0 saturated heterocycles. The Morgan fingerprint density at radius 3 is 0.739 bits per heavy atom. The van der Waals surface area contributed by atoms with E-state index in [-0.39, 0.29) is 24.8 Å². The van der Waals surface area contributed by atoms with E-state index in [0.29, 0.717) is 0 Å². The van der Waals surface area contributed by atoms with Gasteiger partial charge in [-0.25, -0.2) is 46.6 Å². The van der Waals surface area contributed by atoms with Gasteiger partial charge in [0.2, 0.25) is 0 Å². The molecule has 4 rings (SSSR count). The van der Waals surface area contributed by atoms with Crippen LogP contribution in [0.4, 0.5) is 0 Å². The van der Waals surface area contributed by atoms with E-state index in [0.717, 1.165) is 25.7 Å². The quantitative estimate of drug-likeness (QED) is 0.150. The summed E-state index contributed by atoms with van der Waals surface area (Å²) in [5, 5.41) is 0. The van der Waals surface area contributed by atoms with Crippen molar-refractivity contribution in [3.63, 3.8) is 0 Å². The van der Waals surface area contributed by atoms with Gasteiger partial charge in [-0.1, -0.05) is 105 Å². The molecule has 0 heterocycles. The van der Waals surface area contributed by atoms with Gasteiger partial charge >= 0.3 is 75.3 Å². The molecule has 0 radical (unpaired) electrons. The molecule has 0 aromatic rings. The Balaban J connectivity index is -0.000000234. The molecule has 0 amide bonds. The summed E-state index contributed by atoms with van der Waals surface area (Å²) in [4.78, 5) is 0. The van der Waals surface area contributed by atoms with Gasteiger partial charge in [-0.15, -0.1) is 25.7 Å². The molecule has 0 spiro atoms. The fourth-order valence-electron chi connectivity index (χ4n) is 3.96. The Morgan fingerprint density at radius 2 is 0.630 bits per heavy atom. The van der Waals surface area contributed by atoms with Crippen molar-refractivity contribution in [2.75, 3.05) is 0 Å². The van der Waals surface area contributed by atoms with Crippen molar-refractivity contribution in [3.05, 3.63) is 95.2 Å². The van der Waals surface area contributed by atoms with E-state index in [1.165, 1.54) is 107 Å². The second-order valence-corrected chi connectivity index (χ2v) is 14.8. The van der Waals surface area contributed by atoms with Crippen LogP contribution in [0.2, 0.25) is 0 Å². The van der Waals surface area contributed by atoms with E-state index in [1.807, 2.05) is 0 Å². The molecule has 0 atom stereocenters. The van der Waals surface area contributed by atoms with Crippen LogP contribution in [0.1, 0.15) is 158 Å². The summed E-state index contributed by atoms with van der Waals surface area (Å²) in [6.07, 6.45) is 50.1. The molecule has 0 aliphatic heterocycles. The molecule has 0 saturated carbocycles. The third kappa shape index (κ3) is 41.7. The van der Waals surface area contributed by atoms with Gasteiger partial charge < -0.3 is 24.8 Å². The van der Waals surface area contributed by atoms with Gasteiger partial charge in [0.25, 0.3) is 0 Å². The normalized spacial score (nSPS) is 14.0. The van der Waals surface area contributed by atoms with E-state index >= 15 is 0 Å². The van der Waals surface area contributed by atoms with Gasteiger partial charge in [-0.2, -0.15) is 24.3 Å². The van der Waals surface area contributed by atoms with E-state index in [2.05, 4.69) is 168 Å². The zero-order valence-electron chi connectivity index (χ0n) is 30.7. The van der Waals surface area contributed by atoms with Crippen molar-refractivity contribution in [2.45, 2.75) is 158 Å². The molecule has 0 bridgehead atoms. The largest absolute Gasteiger partial charge is 1.00 e. The average Bonchev–Trinajstić information content (AvgIpc) is 3.83. The van der Waals surface area contributed by atoms with E-state index < -0.39 is 0 Å². The summed E-state index contributed by atoms with van der Waals surface area (Å²) in [6, 6.07) is 0. The second kappa shape index (κ2) is 40.8. The first-order chi connectivity index (χ1) is 21.2. The molecule has 4 aliphatic rings. The van der Waals surface area contributed by atoms with Crippen molar-refractivity contribution < 1.29 is 64.8 Å². The Bertz CT molecular complexity index is 831. The predicted octanol–water partition coefficient (Wildman–Crippen LogP) is 6.96. The minimum atomic E-state index is 0. The smallest absolute Gasteiger partial charge is 1.00 e. The minimum Gasteiger partial charge on any atom is -1.00 e. The standard InChI is InChI=1S/4C9H13.2C3H6.2ClH.2Ti/c4*1-2-3-6-9-7-4-5-8-9;2*1-3-2;;;;/h4*4,7H,2-3,5-6H2,1H3;2*1-2H3;2*1H;;/q4*-1;;;;;2*+2/p-2. The number of unbranched alkanes of at least 4 members (excludes halogenated alkanes) is 4. The predicted molar refractivity (Wildman–Crippen MR) is 193 cm³/mol. The summed E-state index contributed by atoms with van der Waals surface area (Å²) in [7, 11) is 0. The van der Waals surface area contributed by atoms with Crippen LogP contribution >= 0.6 is 0 Å². The van der Waals surface area contributed by atoms with Gasteiger partial charge in [-0.3, -0.25) is 24.3 Å². The number of hydrogen-bond donors (Lipinski definition) is 0. The molecule has 0 nitrogen and oxygen atoms in total. The molecular weight excluding hydrogens is 671 g/mol.